The lowest BCUT2D eigenvalue weighted by Gasteiger charge is -2.10. The summed E-state index contributed by atoms with van der Waals surface area (Å²) in [5, 5.41) is 0. The van der Waals surface area contributed by atoms with Gasteiger partial charge in [0.2, 0.25) is 0 Å². The monoisotopic (exact) mass is 316 g/mol. The van der Waals surface area contributed by atoms with E-state index in [4.69, 9.17) is 9.47 Å². The van der Waals surface area contributed by atoms with Crippen molar-refractivity contribution < 1.29 is 19.0 Å². The first-order valence-corrected chi connectivity index (χ1v) is 9.01. The van der Waals surface area contributed by atoms with Crippen LogP contribution in [0.25, 0.3) is 0 Å². The molecule has 0 bridgehead atoms. The van der Waals surface area contributed by atoms with Gasteiger partial charge in [-0.25, -0.2) is 0 Å². The fourth-order valence-electron chi connectivity index (χ4n) is 2.42. The standard InChI is InChI=1S/C18H36O4/c1-18(20-2)22-16-14-12-10-8-6-4-3-5-7-9-11-13-15-21-17-19/h17-18H,3-16H2,1-2H3. The first kappa shape index (κ1) is 21.4. The quantitative estimate of drug-likeness (QED) is 0.206. The second kappa shape index (κ2) is 18.4. The van der Waals surface area contributed by atoms with E-state index in [1.165, 1.54) is 64.2 Å². The predicted molar refractivity (Wildman–Crippen MR) is 89.8 cm³/mol. The third-order valence-corrected chi connectivity index (χ3v) is 3.91. The number of carbonyl (C=O) groups is 1. The number of methoxy groups -OCH3 is 1. The summed E-state index contributed by atoms with van der Waals surface area (Å²) >= 11 is 0. The number of ether oxygens (including phenoxy) is 3. The van der Waals surface area contributed by atoms with Gasteiger partial charge in [-0.3, -0.25) is 4.79 Å². The average molecular weight is 316 g/mol. The third-order valence-electron chi connectivity index (χ3n) is 3.91. The van der Waals surface area contributed by atoms with Crippen molar-refractivity contribution in [2.45, 2.75) is 90.3 Å². The van der Waals surface area contributed by atoms with Gasteiger partial charge in [0.15, 0.2) is 6.29 Å². The molecular formula is C18H36O4. The highest BCUT2D eigenvalue weighted by atomic mass is 16.7. The van der Waals surface area contributed by atoms with Gasteiger partial charge < -0.3 is 14.2 Å². The summed E-state index contributed by atoms with van der Waals surface area (Å²) in [6, 6.07) is 0. The number of hydrogen-bond acceptors (Lipinski definition) is 4. The van der Waals surface area contributed by atoms with Crippen LogP contribution in [0.5, 0.6) is 0 Å². The van der Waals surface area contributed by atoms with Gasteiger partial charge in [-0.2, -0.15) is 0 Å². The Morgan fingerprint density at radius 3 is 1.55 bits per heavy atom. The Kier molecular flexibility index (Phi) is 17.9. The molecule has 0 radical (unpaired) electrons. The minimum Gasteiger partial charge on any atom is -0.468 e. The van der Waals surface area contributed by atoms with Crippen LogP contribution in [-0.2, 0) is 19.0 Å². The normalized spacial score (nSPS) is 12.3. The molecule has 4 heteroatoms. The van der Waals surface area contributed by atoms with Gasteiger partial charge in [0.05, 0.1) is 6.61 Å². The van der Waals surface area contributed by atoms with Crippen LogP contribution in [0.2, 0.25) is 0 Å². The van der Waals surface area contributed by atoms with E-state index in [1.807, 2.05) is 6.92 Å². The Hall–Kier alpha value is -0.610. The van der Waals surface area contributed by atoms with Crippen LogP contribution in [0.1, 0.15) is 84.0 Å². The molecule has 22 heavy (non-hydrogen) atoms. The van der Waals surface area contributed by atoms with Gasteiger partial charge in [0, 0.05) is 13.7 Å². The zero-order chi connectivity index (χ0) is 16.3. The smallest absolute Gasteiger partial charge is 0.293 e. The van der Waals surface area contributed by atoms with E-state index in [0.717, 1.165) is 19.4 Å². The molecule has 0 aliphatic heterocycles. The molecule has 0 amide bonds. The van der Waals surface area contributed by atoms with Gasteiger partial charge in [-0.15, -0.1) is 0 Å². The molecule has 0 aromatic rings. The van der Waals surface area contributed by atoms with E-state index in [2.05, 4.69) is 4.74 Å². The SMILES string of the molecule is COC(C)OCCCCCCCCCCCCCCOC=O. The zero-order valence-corrected chi connectivity index (χ0v) is 14.7. The van der Waals surface area contributed by atoms with E-state index < -0.39 is 0 Å². The van der Waals surface area contributed by atoms with Crippen molar-refractivity contribution in [3.8, 4) is 0 Å². The molecule has 0 spiro atoms. The number of carbonyl (C=O) groups excluding carboxylic acids is 1. The zero-order valence-electron chi connectivity index (χ0n) is 14.7. The van der Waals surface area contributed by atoms with Crippen molar-refractivity contribution in [2.75, 3.05) is 20.3 Å². The molecule has 1 atom stereocenters. The third kappa shape index (κ3) is 17.4. The summed E-state index contributed by atoms with van der Waals surface area (Å²) in [4.78, 5) is 9.94. The van der Waals surface area contributed by atoms with E-state index >= 15 is 0 Å². The Labute approximate surface area is 136 Å². The maximum atomic E-state index is 9.94. The van der Waals surface area contributed by atoms with E-state index in [-0.39, 0.29) is 6.29 Å². The molecule has 0 aliphatic carbocycles. The maximum absolute atomic E-state index is 9.94. The maximum Gasteiger partial charge on any atom is 0.293 e. The molecule has 0 heterocycles. The Balaban J connectivity index is 2.98. The van der Waals surface area contributed by atoms with Gasteiger partial charge in [-0.1, -0.05) is 64.2 Å². The van der Waals surface area contributed by atoms with E-state index in [0.29, 0.717) is 13.1 Å². The molecule has 0 fully saturated rings. The van der Waals surface area contributed by atoms with Gasteiger partial charge in [0.1, 0.15) is 0 Å². The Bertz CT molecular complexity index is 221. The number of unbranched alkanes of at least 4 members (excludes halogenated alkanes) is 11. The molecule has 0 aliphatic rings. The first-order chi connectivity index (χ1) is 10.8. The van der Waals surface area contributed by atoms with E-state index in [1.54, 1.807) is 7.11 Å². The van der Waals surface area contributed by atoms with Crippen molar-refractivity contribution in [1.29, 1.82) is 0 Å². The fourth-order valence-corrected chi connectivity index (χ4v) is 2.42. The molecule has 0 saturated carbocycles. The van der Waals surface area contributed by atoms with Crippen molar-refractivity contribution in [2.24, 2.45) is 0 Å². The Morgan fingerprint density at radius 1 is 0.727 bits per heavy atom. The van der Waals surface area contributed by atoms with E-state index in [9.17, 15) is 4.79 Å². The lowest BCUT2D eigenvalue weighted by atomic mass is 10.1. The van der Waals surface area contributed by atoms with Crippen LogP contribution in [0.4, 0.5) is 0 Å². The van der Waals surface area contributed by atoms with Crippen LogP contribution in [0.15, 0.2) is 0 Å². The highest BCUT2D eigenvalue weighted by molar-refractivity contribution is 5.36. The molecule has 0 aromatic carbocycles. The van der Waals surface area contributed by atoms with Crippen LogP contribution in [0.3, 0.4) is 0 Å². The molecular weight excluding hydrogens is 280 g/mol. The van der Waals surface area contributed by atoms with Crippen LogP contribution < -0.4 is 0 Å². The molecule has 0 N–H and O–H groups in total. The largest absolute Gasteiger partial charge is 0.468 e. The van der Waals surface area contributed by atoms with Crippen LogP contribution in [-0.4, -0.2) is 33.1 Å². The Morgan fingerprint density at radius 2 is 1.14 bits per heavy atom. The summed E-state index contributed by atoms with van der Waals surface area (Å²) in [5.41, 5.74) is 0. The lowest BCUT2D eigenvalue weighted by Crippen LogP contribution is -2.10. The summed E-state index contributed by atoms with van der Waals surface area (Å²) in [7, 11) is 1.67. The second-order valence-electron chi connectivity index (χ2n) is 5.88. The topological polar surface area (TPSA) is 44.8 Å². The summed E-state index contributed by atoms with van der Waals surface area (Å²) < 4.78 is 15.2. The van der Waals surface area contributed by atoms with Crippen molar-refractivity contribution in [1.82, 2.24) is 0 Å². The highest BCUT2D eigenvalue weighted by Crippen LogP contribution is 2.12. The van der Waals surface area contributed by atoms with Crippen molar-refractivity contribution in [3.63, 3.8) is 0 Å². The average Bonchev–Trinajstić information content (AvgIpc) is 2.54. The molecule has 0 rings (SSSR count). The van der Waals surface area contributed by atoms with Gasteiger partial charge in [0.25, 0.3) is 6.47 Å². The molecule has 0 saturated heterocycles. The number of hydrogen-bond donors (Lipinski definition) is 0. The minimum absolute atomic E-state index is 0.0717. The predicted octanol–water partition coefficient (Wildman–Crippen LogP) is 4.85. The fraction of sp³-hybridized carbons (Fsp3) is 0.944. The lowest BCUT2D eigenvalue weighted by molar-refractivity contribution is -0.128. The summed E-state index contributed by atoms with van der Waals surface area (Å²) in [6.07, 6.45) is 15.2. The van der Waals surface area contributed by atoms with Crippen LogP contribution in [0, 0.1) is 0 Å². The molecule has 1 unspecified atom stereocenters. The highest BCUT2D eigenvalue weighted by Gasteiger charge is 1.98. The molecule has 4 nitrogen and oxygen atoms in total. The van der Waals surface area contributed by atoms with Gasteiger partial charge >= 0.3 is 0 Å². The number of rotatable bonds is 18. The molecule has 0 aromatic heterocycles. The van der Waals surface area contributed by atoms with Gasteiger partial charge in [-0.05, 0) is 19.8 Å². The minimum atomic E-state index is -0.0717. The van der Waals surface area contributed by atoms with Crippen molar-refractivity contribution in [3.05, 3.63) is 0 Å². The summed E-state index contributed by atoms with van der Waals surface area (Å²) in [6.45, 7) is 3.86. The van der Waals surface area contributed by atoms with Crippen molar-refractivity contribution >= 4 is 6.47 Å². The second-order valence-corrected chi connectivity index (χ2v) is 5.88. The summed E-state index contributed by atoms with van der Waals surface area (Å²) in [5.74, 6) is 0. The molecule has 132 valence electrons. The van der Waals surface area contributed by atoms with Crippen LogP contribution >= 0.6 is 0 Å². The first-order valence-electron chi connectivity index (χ1n) is 9.01.